The lowest BCUT2D eigenvalue weighted by Gasteiger charge is -2.10. The summed E-state index contributed by atoms with van der Waals surface area (Å²) in [7, 11) is 0. The Kier molecular flexibility index (Phi) is 5.45. The van der Waals surface area contributed by atoms with E-state index in [2.05, 4.69) is 39.3 Å². The van der Waals surface area contributed by atoms with E-state index in [1.54, 1.807) is 23.7 Å². The number of nitrogens with zero attached hydrogens (tertiary/aromatic N) is 1. The second kappa shape index (κ2) is 7.94. The Labute approximate surface area is 143 Å². The second-order valence-electron chi connectivity index (χ2n) is 4.92. The fraction of sp³-hybridized carbons (Fsp3) is 0.111. The lowest BCUT2D eigenvalue weighted by molar-refractivity contribution is -0.118. The molecule has 0 saturated heterocycles. The fourth-order valence-corrected chi connectivity index (χ4v) is 3.57. The van der Waals surface area contributed by atoms with Crippen molar-refractivity contribution >= 4 is 29.0 Å². The second-order valence-corrected chi connectivity index (χ2v) is 6.75. The van der Waals surface area contributed by atoms with Gasteiger partial charge in [0.05, 0.1) is 5.75 Å². The zero-order valence-electron chi connectivity index (χ0n) is 12.4. The summed E-state index contributed by atoms with van der Waals surface area (Å²) in [6, 6.07) is 14.1. The van der Waals surface area contributed by atoms with Gasteiger partial charge in [-0.1, -0.05) is 24.3 Å². The third kappa shape index (κ3) is 4.43. The molecule has 0 radical (unpaired) electrons. The number of aromatic nitrogens is 1. The topological polar surface area (TPSA) is 42.0 Å². The van der Waals surface area contributed by atoms with Crippen LogP contribution in [-0.2, 0) is 11.3 Å². The molecule has 3 nitrogen and oxygen atoms in total. The summed E-state index contributed by atoms with van der Waals surface area (Å²) in [5, 5.41) is 7.19. The fourth-order valence-electron chi connectivity index (χ4n) is 2.20. The first-order valence-electron chi connectivity index (χ1n) is 7.23. The number of carbonyl (C=O) groups is 1. The van der Waals surface area contributed by atoms with E-state index in [0.717, 1.165) is 10.5 Å². The van der Waals surface area contributed by atoms with Crippen molar-refractivity contribution in [2.75, 3.05) is 5.75 Å². The summed E-state index contributed by atoms with van der Waals surface area (Å²) in [6.45, 7) is 0.543. The van der Waals surface area contributed by atoms with Gasteiger partial charge in [0.15, 0.2) is 0 Å². The van der Waals surface area contributed by atoms with Gasteiger partial charge in [-0.05, 0) is 45.6 Å². The number of benzene rings is 1. The molecule has 1 amide bonds. The van der Waals surface area contributed by atoms with E-state index in [-0.39, 0.29) is 5.91 Å². The summed E-state index contributed by atoms with van der Waals surface area (Å²) in [5.74, 6) is 0.442. The Bertz CT molecular complexity index is 758. The highest BCUT2D eigenvalue weighted by Crippen LogP contribution is 2.25. The van der Waals surface area contributed by atoms with Gasteiger partial charge in [0.1, 0.15) is 0 Å². The first-order valence-corrected chi connectivity index (χ1v) is 9.16. The van der Waals surface area contributed by atoms with Crippen LogP contribution < -0.4 is 5.32 Å². The van der Waals surface area contributed by atoms with Gasteiger partial charge < -0.3 is 5.32 Å². The maximum Gasteiger partial charge on any atom is 0.230 e. The molecule has 0 aliphatic heterocycles. The number of nitrogens with one attached hydrogen (secondary N) is 1. The largest absolute Gasteiger partial charge is 0.351 e. The zero-order chi connectivity index (χ0) is 15.9. The van der Waals surface area contributed by atoms with E-state index < -0.39 is 0 Å². The molecule has 3 rings (SSSR count). The van der Waals surface area contributed by atoms with Crippen molar-refractivity contribution in [2.45, 2.75) is 11.4 Å². The maximum absolute atomic E-state index is 12.0. The van der Waals surface area contributed by atoms with Gasteiger partial charge >= 0.3 is 0 Å². The molecule has 0 unspecified atom stereocenters. The average Bonchev–Trinajstić information content (AvgIpc) is 3.14. The number of carbonyl (C=O) groups excluding carboxylic acids is 1. The molecule has 2 heterocycles. The number of hydrogen-bond donors (Lipinski definition) is 1. The average molecular weight is 340 g/mol. The van der Waals surface area contributed by atoms with Crippen LogP contribution in [0.4, 0.5) is 0 Å². The highest BCUT2D eigenvalue weighted by atomic mass is 32.2. The number of amides is 1. The minimum atomic E-state index is 0.0342. The van der Waals surface area contributed by atoms with E-state index in [4.69, 9.17) is 0 Å². The normalized spacial score (nSPS) is 10.4. The highest BCUT2D eigenvalue weighted by molar-refractivity contribution is 8.00. The Hall–Kier alpha value is -2.11. The summed E-state index contributed by atoms with van der Waals surface area (Å²) >= 11 is 3.19. The summed E-state index contributed by atoms with van der Waals surface area (Å²) < 4.78 is 0. The SMILES string of the molecule is O=C(CSc1ccncc1)NCc1ccccc1-c1ccsc1. The first-order chi connectivity index (χ1) is 11.3. The van der Waals surface area contributed by atoms with E-state index in [9.17, 15) is 4.79 Å². The molecule has 0 aliphatic carbocycles. The van der Waals surface area contributed by atoms with Gasteiger partial charge in [0, 0.05) is 23.8 Å². The summed E-state index contributed by atoms with van der Waals surface area (Å²) in [6.07, 6.45) is 3.47. The van der Waals surface area contributed by atoms with Gasteiger partial charge in [0.2, 0.25) is 5.91 Å². The number of rotatable bonds is 6. The molecule has 0 aliphatic rings. The highest BCUT2D eigenvalue weighted by Gasteiger charge is 2.07. The lowest BCUT2D eigenvalue weighted by Crippen LogP contribution is -2.24. The van der Waals surface area contributed by atoms with Crippen molar-refractivity contribution in [2.24, 2.45) is 0 Å². The smallest absolute Gasteiger partial charge is 0.230 e. The van der Waals surface area contributed by atoms with Gasteiger partial charge in [-0.3, -0.25) is 9.78 Å². The summed E-state index contributed by atoms with van der Waals surface area (Å²) in [5.41, 5.74) is 3.51. The number of pyridine rings is 1. The number of thiophene rings is 1. The van der Waals surface area contributed by atoms with Crippen molar-refractivity contribution in [1.29, 1.82) is 0 Å². The van der Waals surface area contributed by atoms with Crippen molar-refractivity contribution in [3.05, 3.63) is 71.2 Å². The van der Waals surface area contributed by atoms with Crippen LogP contribution >= 0.6 is 23.1 Å². The van der Waals surface area contributed by atoms with Crippen LogP contribution in [0.3, 0.4) is 0 Å². The van der Waals surface area contributed by atoms with Gasteiger partial charge in [-0.15, -0.1) is 11.8 Å². The van der Waals surface area contributed by atoms with Crippen LogP contribution in [-0.4, -0.2) is 16.6 Å². The van der Waals surface area contributed by atoms with Crippen LogP contribution in [0.1, 0.15) is 5.56 Å². The molecule has 2 aromatic heterocycles. The van der Waals surface area contributed by atoms with Crippen LogP contribution in [0.5, 0.6) is 0 Å². The monoisotopic (exact) mass is 340 g/mol. The van der Waals surface area contributed by atoms with Gasteiger partial charge in [0.25, 0.3) is 0 Å². The summed E-state index contributed by atoms with van der Waals surface area (Å²) in [4.78, 5) is 17.1. The van der Waals surface area contributed by atoms with E-state index >= 15 is 0 Å². The maximum atomic E-state index is 12.0. The molecule has 1 aromatic carbocycles. The zero-order valence-corrected chi connectivity index (χ0v) is 14.1. The molecule has 23 heavy (non-hydrogen) atoms. The quantitative estimate of drug-likeness (QED) is 0.683. The third-order valence-corrected chi connectivity index (χ3v) is 5.04. The molecule has 0 spiro atoms. The predicted octanol–water partition coefficient (Wildman–Crippen LogP) is 4.22. The number of thioether (sulfide) groups is 1. The standard InChI is InChI=1S/C18H16N2OS2/c21-18(13-23-16-5-8-19-9-6-16)20-11-14-3-1-2-4-17(14)15-7-10-22-12-15/h1-10,12H,11,13H2,(H,20,21). The third-order valence-electron chi connectivity index (χ3n) is 3.35. The van der Waals surface area contributed by atoms with Crippen molar-refractivity contribution in [3.63, 3.8) is 0 Å². The van der Waals surface area contributed by atoms with Crippen molar-refractivity contribution in [3.8, 4) is 11.1 Å². The molecule has 0 fully saturated rings. The Balaban J connectivity index is 1.57. The molecule has 0 atom stereocenters. The Morgan fingerprint density at radius 3 is 2.74 bits per heavy atom. The molecular weight excluding hydrogens is 324 g/mol. The predicted molar refractivity (Wildman–Crippen MR) is 96.6 cm³/mol. The Morgan fingerprint density at radius 1 is 1.13 bits per heavy atom. The van der Waals surface area contributed by atoms with E-state index in [1.807, 2.05) is 24.3 Å². The Morgan fingerprint density at radius 2 is 1.96 bits per heavy atom. The molecule has 116 valence electrons. The van der Waals surface area contributed by atoms with E-state index in [1.165, 1.54) is 22.9 Å². The minimum Gasteiger partial charge on any atom is -0.351 e. The molecule has 1 N–H and O–H groups in total. The molecule has 0 saturated carbocycles. The molecular formula is C18H16N2OS2. The van der Waals surface area contributed by atoms with Crippen LogP contribution in [0.25, 0.3) is 11.1 Å². The lowest BCUT2D eigenvalue weighted by atomic mass is 10.0. The van der Waals surface area contributed by atoms with Crippen LogP contribution in [0.2, 0.25) is 0 Å². The minimum absolute atomic E-state index is 0.0342. The van der Waals surface area contributed by atoms with Gasteiger partial charge in [-0.2, -0.15) is 11.3 Å². The van der Waals surface area contributed by atoms with E-state index in [0.29, 0.717) is 12.3 Å². The van der Waals surface area contributed by atoms with Crippen LogP contribution in [0, 0.1) is 0 Å². The van der Waals surface area contributed by atoms with Gasteiger partial charge in [-0.25, -0.2) is 0 Å². The number of hydrogen-bond acceptors (Lipinski definition) is 4. The molecule has 0 bridgehead atoms. The first kappa shape index (κ1) is 15.8. The van der Waals surface area contributed by atoms with Crippen LogP contribution in [0.15, 0.2) is 70.5 Å². The van der Waals surface area contributed by atoms with Crippen molar-refractivity contribution in [1.82, 2.24) is 10.3 Å². The molecule has 3 aromatic rings. The van der Waals surface area contributed by atoms with Crippen molar-refractivity contribution < 1.29 is 4.79 Å². The molecule has 5 heteroatoms.